The van der Waals surface area contributed by atoms with Gasteiger partial charge in [-0.05, 0) is 55.9 Å². The molecule has 3 aromatic rings. The molecule has 5 nitrogen and oxygen atoms in total. The van der Waals surface area contributed by atoms with Crippen LogP contribution < -0.4 is 10.2 Å². The second-order valence-corrected chi connectivity index (χ2v) is 8.20. The van der Waals surface area contributed by atoms with Crippen LogP contribution in [0, 0.1) is 5.92 Å². The van der Waals surface area contributed by atoms with Gasteiger partial charge >= 0.3 is 0 Å². The Morgan fingerprint density at radius 3 is 2.66 bits per heavy atom. The summed E-state index contributed by atoms with van der Waals surface area (Å²) in [5, 5.41) is 3.33. The third kappa shape index (κ3) is 3.28. The summed E-state index contributed by atoms with van der Waals surface area (Å²) in [7, 11) is 0. The maximum absolute atomic E-state index is 12.9. The van der Waals surface area contributed by atoms with E-state index in [1.165, 1.54) is 16.6 Å². The lowest BCUT2D eigenvalue weighted by Crippen LogP contribution is -2.42. The number of carbonyl (C=O) groups is 1. The van der Waals surface area contributed by atoms with Gasteiger partial charge in [0.05, 0.1) is 17.1 Å². The number of fused-ring (bicyclic) bond motifs is 2. The number of imidazole rings is 1. The van der Waals surface area contributed by atoms with Crippen LogP contribution in [0.15, 0.2) is 48.5 Å². The summed E-state index contributed by atoms with van der Waals surface area (Å²) in [6, 6.07) is 17.0. The number of benzene rings is 2. The molecule has 0 radical (unpaired) electrons. The highest BCUT2D eigenvalue weighted by molar-refractivity contribution is 5.80. The van der Waals surface area contributed by atoms with Gasteiger partial charge in [-0.25, -0.2) is 4.98 Å². The first-order chi connectivity index (χ1) is 14.2. The summed E-state index contributed by atoms with van der Waals surface area (Å²) in [6.07, 6.45) is 3.84. The Labute approximate surface area is 171 Å². The van der Waals surface area contributed by atoms with Gasteiger partial charge in [-0.3, -0.25) is 4.79 Å². The van der Waals surface area contributed by atoms with Crippen molar-refractivity contribution in [3.05, 3.63) is 59.7 Å². The zero-order valence-corrected chi connectivity index (χ0v) is 17.0. The summed E-state index contributed by atoms with van der Waals surface area (Å²) < 4.78 is 2.28. The monoisotopic (exact) mass is 388 g/mol. The minimum absolute atomic E-state index is 0.0958. The molecular formula is C24H28N4O. The lowest BCUT2D eigenvalue weighted by Gasteiger charge is -2.33. The predicted octanol–water partition coefficient (Wildman–Crippen LogP) is 4.08. The van der Waals surface area contributed by atoms with E-state index in [4.69, 9.17) is 4.98 Å². The maximum atomic E-state index is 12.9. The van der Waals surface area contributed by atoms with Gasteiger partial charge in [-0.1, -0.05) is 36.4 Å². The van der Waals surface area contributed by atoms with Crippen LogP contribution in [0.2, 0.25) is 0 Å². The predicted molar refractivity (Wildman–Crippen MR) is 116 cm³/mol. The molecule has 29 heavy (non-hydrogen) atoms. The van der Waals surface area contributed by atoms with Crippen molar-refractivity contribution >= 4 is 22.9 Å². The quantitative estimate of drug-likeness (QED) is 0.733. The van der Waals surface area contributed by atoms with E-state index in [1.807, 2.05) is 6.07 Å². The fourth-order valence-electron chi connectivity index (χ4n) is 4.95. The summed E-state index contributed by atoms with van der Waals surface area (Å²) in [4.78, 5) is 20.1. The molecule has 1 aliphatic heterocycles. The molecule has 2 heterocycles. The average Bonchev–Trinajstić information content (AvgIpc) is 3.35. The first kappa shape index (κ1) is 18.2. The third-order valence-corrected chi connectivity index (χ3v) is 6.55. The molecule has 1 aliphatic carbocycles. The molecule has 0 bridgehead atoms. The number of nitrogens with one attached hydrogen (secondary N) is 1. The van der Waals surface area contributed by atoms with E-state index < -0.39 is 0 Å². The number of piperidine rings is 1. The highest BCUT2D eigenvalue weighted by atomic mass is 16.2. The lowest BCUT2D eigenvalue weighted by molar-refractivity contribution is -0.126. The van der Waals surface area contributed by atoms with Crippen molar-refractivity contribution < 1.29 is 4.79 Å². The van der Waals surface area contributed by atoms with E-state index in [1.54, 1.807) is 0 Å². The van der Waals surface area contributed by atoms with Crippen LogP contribution in [0.4, 0.5) is 5.95 Å². The normalized spacial score (nSPS) is 19.5. The van der Waals surface area contributed by atoms with Gasteiger partial charge in [0.1, 0.15) is 0 Å². The van der Waals surface area contributed by atoms with Crippen LogP contribution in [0.3, 0.4) is 0 Å². The number of rotatable bonds is 4. The van der Waals surface area contributed by atoms with Crippen LogP contribution in [-0.4, -0.2) is 28.5 Å². The molecule has 2 aromatic carbocycles. The van der Waals surface area contributed by atoms with Gasteiger partial charge < -0.3 is 14.8 Å². The first-order valence-corrected chi connectivity index (χ1v) is 10.8. The van der Waals surface area contributed by atoms with Gasteiger partial charge in [-0.15, -0.1) is 0 Å². The van der Waals surface area contributed by atoms with Gasteiger partial charge in [-0.2, -0.15) is 0 Å². The molecule has 0 spiro atoms. The van der Waals surface area contributed by atoms with Crippen molar-refractivity contribution in [3.63, 3.8) is 0 Å². The molecule has 150 valence electrons. The number of amides is 1. The van der Waals surface area contributed by atoms with Crippen LogP contribution in [0.1, 0.15) is 43.4 Å². The van der Waals surface area contributed by atoms with Crippen LogP contribution in [-0.2, 0) is 17.8 Å². The van der Waals surface area contributed by atoms with E-state index in [-0.39, 0.29) is 17.9 Å². The lowest BCUT2D eigenvalue weighted by atomic mass is 9.95. The molecule has 1 amide bonds. The molecular weight excluding hydrogens is 360 g/mol. The number of hydrogen-bond acceptors (Lipinski definition) is 3. The van der Waals surface area contributed by atoms with Crippen molar-refractivity contribution in [3.8, 4) is 0 Å². The Bertz CT molecular complexity index is 1030. The molecule has 0 saturated carbocycles. The topological polar surface area (TPSA) is 50.2 Å². The van der Waals surface area contributed by atoms with Crippen LogP contribution in [0.25, 0.3) is 11.0 Å². The van der Waals surface area contributed by atoms with Crippen molar-refractivity contribution in [2.75, 3.05) is 18.0 Å². The van der Waals surface area contributed by atoms with Gasteiger partial charge in [0.25, 0.3) is 0 Å². The highest BCUT2D eigenvalue weighted by Crippen LogP contribution is 2.32. The minimum Gasteiger partial charge on any atom is -0.349 e. The van der Waals surface area contributed by atoms with E-state index in [2.05, 4.69) is 64.2 Å². The van der Waals surface area contributed by atoms with Crippen LogP contribution in [0.5, 0.6) is 0 Å². The Morgan fingerprint density at radius 1 is 1.07 bits per heavy atom. The maximum Gasteiger partial charge on any atom is 0.223 e. The Kier molecular flexibility index (Phi) is 4.74. The SMILES string of the molecule is CCn1c(N2CCC(C(=O)NC3CCc4ccccc43)CC2)nc2ccccc21. The molecule has 2 aliphatic rings. The Hall–Kier alpha value is -2.82. The molecule has 5 heteroatoms. The molecule has 1 N–H and O–H groups in total. The number of hydrogen-bond donors (Lipinski definition) is 1. The molecule has 5 rings (SSSR count). The number of para-hydroxylation sites is 2. The van der Waals surface area contributed by atoms with Crippen molar-refractivity contribution in [1.82, 2.24) is 14.9 Å². The van der Waals surface area contributed by atoms with E-state index >= 15 is 0 Å². The number of aromatic nitrogens is 2. The fraction of sp³-hybridized carbons (Fsp3) is 0.417. The van der Waals surface area contributed by atoms with E-state index in [0.29, 0.717) is 0 Å². The molecule has 1 saturated heterocycles. The number of anilines is 1. The summed E-state index contributed by atoms with van der Waals surface area (Å²) >= 11 is 0. The van der Waals surface area contributed by atoms with E-state index in [9.17, 15) is 4.79 Å². The van der Waals surface area contributed by atoms with Crippen molar-refractivity contribution in [2.24, 2.45) is 5.92 Å². The summed E-state index contributed by atoms with van der Waals surface area (Å²) in [6.45, 7) is 4.82. The number of carbonyl (C=O) groups excluding carboxylic acids is 1. The minimum atomic E-state index is 0.0958. The number of aryl methyl sites for hydroxylation is 2. The third-order valence-electron chi connectivity index (χ3n) is 6.55. The largest absolute Gasteiger partial charge is 0.349 e. The second-order valence-electron chi connectivity index (χ2n) is 8.20. The zero-order chi connectivity index (χ0) is 19.8. The molecule has 1 atom stereocenters. The average molecular weight is 389 g/mol. The summed E-state index contributed by atoms with van der Waals surface area (Å²) in [5.41, 5.74) is 4.91. The van der Waals surface area contributed by atoms with Gasteiger partial charge in [0, 0.05) is 25.6 Å². The van der Waals surface area contributed by atoms with E-state index in [0.717, 1.165) is 56.8 Å². The molecule has 1 aromatic heterocycles. The van der Waals surface area contributed by atoms with Crippen LogP contribution >= 0.6 is 0 Å². The van der Waals surface area contributed by atoms with Crippen molar-refractivity contribution in [2.45, 2.75) is 45.2 Å². The Morgan fingerprint density at radius 2 is 1.83 bits per heavy atom. The molecule has 1 fully saturated rings. The zero-order valence-electron chi connectivity index (χ0n) is 17.0. The summed E-state index contributed by atoms with van der Waals surface area (Å²) in [5.74, 6) is 1.35. The van der Waals surface area contributed by atoms with Crippen molar-refractivity contribution in [1.29, 1.82) is 0 Å². The molecule has 1 unspecified atom stereocenters. The Balaban J connectivity index is 1.25. The first-order valence-electron chi connectivity index (χ1n) is 10.8. The van der Waals surface area contributed by atoms with Gasteiger partial charge in [0.15, 0.2) is 0 Å². The highest BCUT2D eigenvalue weighted by Gasteiger charge is 2.30. The number of nitrogens with zero attached hydrogens (tertiary/aromatic N) is 3. The standard InChI is InChI=1S/C24H28N4O/c1-2-28-22-10-6-5-9-21(22)26-24(28)27-15-13-18(14-16-27)23(29)25-20-12-11-17-7-3-4-8-19(17)20/h3-10,18,20H,2,11-16H2,1H3,(H,25,29). The fourth-order valence-corrected chi connectivity index (χ4v) is 4.95. The smallest absolute Gasteiger partial charge is 0.223 e. The second kappa shape index (κ2) is 7.54. The van der Waals surface area contributed by atoms with Gasteiger partial charge in [0.2, 0.25) is 11.9 Å².